The van der Waals surface area contributed by atoms with Crippen LogP contribution in [0.25, 0.3) is 0 Å². The van der Waals surface area contributed by atoms with E-state index in [1.165, 1.54) is 26.4 Å². The SMILES string of the molecule is COc1cc(N)c(Cl)cc1Cl.COc1cc(NC(=O)c2ccc(C(=O)C(F)(F)F)cc2)c(Cl)cc1Cl.O=C(O)c1ccc(C(=O)C(F)(F)F)cc1. The number of nitrogen functional groups attached to an aromatic ring is 1. The molecule has 0 saturated heterocycles. The van der Waals surface area contributed by atoms with Crippen molar-refractivity contribution in [3.05, 3.63) is 115 Å². The number of halogens is 10. The van der Waals surface area contributed by atoms with Gasteiger partial charge in [0, 0.05) is 28.8 Å². The summed E-state index contributed by atoms with van der Waals surface area (Å²) in [5.74, 6) is -5.04. The summed E-state index contributed by atoms with van der Waals surface area (Å²) in [7, 11) is 2.91. The van der Waals surface area contributed by atoms with Crippen molar-refractivity contribution in [1.82, 2.24) is 0 Å². The van der Waals surface area contributed by atoms with Crippen molar-refractivity contribution in [2.75, 3.05) is 25.3 Å². The molecule has 0 aromatic heterocycles. The maximum Gasteiger partial charge on any atom is 0.454 e. The van der Waals surface area contributed by atoms with E-state index in [1.807, 2.05) is 0 Å². The number of carbonyl (C=O) groups excluding carboxylic acids is 3. The molecule has 0 fully saturated rings. The number of ether oxygens (including phenoxy) is 2. The van der Waals surface area contributed by atoms with Gasteiger partial charge in [-0.05, 0) is 36.4 Å². The van der Waals surface area contributed by atoms with Crippen LogP contribution in [-0.2, 0) is 0 Å². The third-order valence-corrected chi connectivity index (χ3v) is 7.31. The van der Waals surface area contributed by atoms with Gasteiger partial charge in [-0.3, -0.25) is 14.4 Å². The van der Waals surface area contributed by atoms with Gasteiger partial charge in [-0.25, -0.2) is 4.79 Å². The minimum atomic E-state index is -4.98. The lowest BCUT2D eigenvalue weighted by Crippen LogP contribution is -2.22. The van der Waals surface area contributed by atoms with Crippen LogP contribution in [0, 0.1) is 0 Å². The predicted octanol–water partition coefficient (Wildman–Crippen LogP) is 9.71. The Bertz CT molecular complexity index is 1910. The molecule has 19 heteroatoms. The van der Waals surface area contributed by atoms with Gasteiger partial charge in [0.25, 0.3) is 17.5 Å². The molecule has 0 spiro atoms. The van der Waals surface area contributed by atoms with Gasteiger partial charge < -0.3 is 25.6 Å². The molecule has 4 aromatic carbocycles. The molecule has 0 aliphatic carbocycles. The van der Waals surface area contributed by atoms with Gasteiger partial charge in [0.15, 0.2) is 0 Å². The minimum Gasteiger partial charge on any atom is -0.495 e. The number of anilines is 2. The number of carboxylic acids is 1. The monoisotopic (exact) mass is 800 g/mol. The van der Waals surface area contributed by atoms with Crippen molar-refractivity contribution in [1.29, 1.82) is 0 Å². The van der Waals surface area contributed by atoms with E-state index in [0.29, 0.717) is 21.5 Å². The first-order valence-corrected chi connectivity index (χ1v) is 14.9. The molecule has 4 N–H and O–H groups in total. The number of Topliss-reactive ketones (excluding diaryl/α,β-unsaturated/α-hetero) is 2. The molecule has 0 atom stereocenters. The largest absolute Gasteiger partial charge is 0.495 e. The third-order valence-electron chi connectivity index (χ3n) is 6.08. The summed E-state index contributed by atoms with van der Waals surface area (Å²) in [6, 6.07) is 13.5. The fourth-order valence-electron chi connectivity index (χ4n) is 3.54. The fraction of sp³-hybridized carbons (Fsp3) is 0.125. The zero-order valence-electron chi connectivity index (χ0n) is 25.7. The molecular weight excluding hydrogens is 780 g/mol. The average Bonchev–Trinajstić information content (AvgIpc) is 3.06. The molecule has 0 unspecified atom stereocenters. The summed E-state index contributed by atoms with van der Waals surface area (Å²) >= 11 is 23.3. The second-order valence-electron chi connectivity index (χ2n) is 9.54. The standard InChI is InChI=1S/C16H10Cl2F3NO3.C9H5F3O3.C7H7Cl2NO/c1-25-13-7-12(10(17)6-11(13)18)22-15(24)9-4-2-8(3-5-9)14(23)16(19,20)21;10-9(11,12)7(13)5-1-3-6(4-2-5)8(14)15;1-11-7-3-6(10)4(8)2-5(7)9/h2-7H,1H3,(H,22,24);1-4H,(H,14,15);2-3H,10H2,1H3. The highest BCUT2D eigenvalue weighted by molar-refractivity contribution is 6.38. The number of methoxy groups -OCH3 is 2. The number of hydrogen-bond acceptors (Lipinski definition) is 7. The van der Waals surface area contributed by atoms with Crippen molar-refractivity contribution in [3.63, 3.8) is 0 Å². The summed E-state index contributed by atoms with van der Waals surface area (Å²) in [4.78, 5) is 44.3. The molecule has 1 amide bonds. The Labute approximate surface area is 304 Å². The Morgan fingerprint density at radius 2 is 0.980 bits per heavy atom. The smallest absolute Gasteiger partial charge is 0.454 e. The number of carbonyl (C=O) groups is 4. The number of benzene rings is 4. The normalized spacial score (nSPS) is 10.8. The second-order valence-corrected chi connectivity index (χ2v) is 11.2. The van der Waals surface area contributed by atoms with Gasteiger partial charge in [-0.1, -0.05) is 70.7 Å². The number of carboxylic acid groups (broad SMARTS) is 1. The van der Waals surface area contributed by atoms with Gasteiger partial charge in [0.05, 0.1) is 51.2 Å². The number of nitrogens with one attached hydrogen (secondary N) is 1. The van der Waals surface area contributed by atoms with Crippen molar-refractivity contribution in [3.8, 4) is 11.5 Å². The molecule has 0 radical (unpaired) electrons. The summed E-state index contributed by atoms with van der Waals surface area (Å²) in [5, 5.41) is 12.3. The van der Waals surface area contributed by atoms with Crippen molar-refractivity contribution < 1.29 is 60.1 Å². The summed E-state index contributed by atoms with van der Waals surface area (Å²) in [6.45, 7) is 0. The molecule has 0 saturated carbocycles. The van der Waals surface area contributed by atoms with Crippen LogP contribution in [0.15, 0.2) is 72.8 Å². The van der Waals surface area contributed by atoms with E-state index in [1.54, 1.807) is 12.1 Å². The van der Waals surface area contributed by atoms with Crippen LogP contribution < -0.4 is 20.5 Å². The first-order valence-electron chi connectivity index (χ1n) is 13.4. The molecule has 4 rings (SSSR count). The molecule has 272 valence electrons. The molecule has 51 heavy (non-hydrogen) atoms. The van der Waals surface area contributed by atoms with Gasteiger partial charge >= 0.3 is 18.3 Å². The van der Waals surface area contributed by atoms with E-state index in [4.69, 9.17) is 66.7 Å². The Morgan fingerprint density at radius 3 is 1.37 bits per heavy atom. The lowest BCUT2D eigenvalue weighted by atomic mass is 10.1. The Balaban J connectivity index is 0.000000293. The van der Waals surface area contributed by atoms with E-state index in [0.717, 1.165) is 48.5 Å². The number of ketones is 2. The molecular formula is C32H22Cl4F6N2O7. The molecule has 0 bridgehead atoms. The zero-order chi connectivity index (χ0) is 38.8. The fourth-order valence-corrected chi connectivity index (χ4v) is 4.51. The molecule has 0 heterocycles. The lowest BCUT2D eigenvalue weighted by Gasteiger charge is -2.11. The van der Waals surface area contributed by atoms with E-state index in [-0.39, 0.29) is 32.6 Å². The Hall–Kier alpha value is -4.70. The van der Waals surface area contributed by atoms with Gasteiger partial charge in [0.1, 0.15) is 11.5 Å². The van der Waals surface area contributed by atoms with Crippen LogP contribution in [0.3, 0.4) is 0 Å². The number of nitrogens with two attached hydrogens (primary N) is 1. The number of amides is 1. The van der Waals surface area contributed by atoms with Crippen LogP contribution in [0.1, 0.15) is 41.4 Å². The van der Waals surface area contributed by atoms with Crippen molar-refractivity contribution in [2.45, 2.75) is 12.4 Å². The van der Waals surface area contributed by atoms with Gasteiger partial charge in [-0.2, -0.15) is 26.3 Å². The van der Waals surface area contributed by atoms with Crippen molar-refractivity contribution >= 4 is 81.2 Å². The number of aromatic carboxylic acids is 1. The number of alkyl halides is 6. The predicted molar refractivity (Wildman–Crippen MR) is 179 cm³/mol. The average molecular weight is 802 g/mol. The van der Waals surface area contributed by atoms with Crippen molar-refractivity contribution in [2.24, 2.45) is 0 Å². The summed E-state index contributed by atoms with van der Waals surface area (Å²) < 4.78 is 82.8. The molecule has 4 aromatic rings. The summed E-state index contributed by atoms with van der Waals surface area (Å²) in [5.41, 5.74) is 4.91. The van der Waals surface area contributed by atoms with Crippen LogP contribution >= 0.6 is 46.4 Å². The lowest BCUT2D eigenvalue weighted by molar-refractivity contribution is -0.0888. The van der Waals surface area contributed by atoms with Crippen LogP contribution in [0.2, 0.25) is 20.1 Å². The van der Waals surface area contributed by atoms with Gasteiger partial charge in [0.2, 0.25) is 0 Å². The van der Waals surface area contributed by atoms with E-state index < -0.39 is 46.9 Å². The first-order chi connectivity index (χ1) is 23.6. The van der Waals surface area contributed by atoms with Crippen LogP contribution in [0.4, 0.5) is 37.7 Å². The van der Waals surface area contributed by atoms with E-state index >= 15 is 0 Å². The highest BCUT2D eigenvalue weighted by atomic mass is 35.5. The minimum absolute atomic E-state index is 0.0451. The quantitative estimate of drug-likeness (QED) is 0.0952. The second kappa shape index (κ2) is 18.0. The topological polar surface area (TPSA) is 145 Å². The number of rotatable bonds is 7. The molecule has 9 nitrogen and oxygen atoms in total. The Kier molecular flexibility index (Phi) is 15.0. The maximum atomic E-state index is 12.4. The molecule has 0 aliphatic heterocycles. The maximum absolute atomic E-state index is 12.4. The van der Waals surface area contributed by atoms with E-state index in [9.17, 15) is 45.5 Å². The number of hydrogen-bond donors (Lipinski definition) is 3. The van der Waals surface area contributed by atoms with Crippen LogP contribution in [-0.4, -0.2) is 55.1 Å². The highest BCUT2D eigenvalue weighted by Gasteiger charge is 2.40. The molecule has 0 aliphatic rings. The van der Waals surface area contributed by atoms with Gasteiger partial charge in [-0.15, -0.1) is 0 Å². The Morgan fingerprint density at radius 1 is 0.608 bits per heavy atom. The highest BCUT2D eigenvalue weighted by Crippen LogP contribution is 2.35. The first kappa shape index (κ1) is 42.5. The van der Waals surface area contributed by atoms with Crippen LogP contribution in [0.5, 0.6) is 11.5 Å². The summed E-state index contributed by atoms with van der Waals surface area (Å²) in [6.07, 6.45) is -9.91. The third kappa shape index (κ3) is 12.2. The van der Waals surface area contributed by atoms with E-state index in [2.05, 4.69) is 5.32 Å². The zero-order valence-corrected chi connectivity index (χ0v) is 28.7.